The van der Waals surface area contributed by atoms with Gasteiger partial charge in [-0.15, -0.1) is 0 Å². The van der Waals surface area contributed by atoms with Crippen LogP contribution in [0.3, 0.4) is 0 Å². The van der Waals surface area contributed by atoms with E-state index in [1.165, 1.54) is 23.1 Å². The highest BCUT2D eigenvalue weighted by Gasteiger charge is 2.41. The third-order valence-electron chi connectivity index (χ3n) is 4.48. The average Bonchev–Trinajstić information content (AvgIpc) is 3.13. The molecule has 1 saturated heterocycles. The van der Waals surface area contributed by atoms with Gasteiger partial charge in [0.05, 0.1) is 24.1 Å². The number of amides is 1. The normalized spacial score (nSPS) is 20.9. The van der Waals surface area contributed by atoms with E-state index in [0.717, 1.165) is 6.07 Å². The Labute approximate surface area is 142 Å². The number of alkyl halides is 3. The third-order valence-corrected chi connectivity index (χ3v) is 4.48. The molecule has 0 saturated carbocycles. The summed E-state index contributed by atoms with van der Waals surface area (Å²) < 4.78 is 41.5. The molecule has 0 bridgehead atoms. The summed E-state index contributed by atoms with van der Waals surface area (Å²) >= 11 is 0. The van der Waals surface area contributed by atoms with Gasteiger partial charge in [-0.3, -0.25) is 9.48 Å². The predicted octanol–water partition coefficient (Wildman–Crippen LogP) is 2.32. The molecule has 8 heteroatoms. The monoisotopic (exact) mass is 353 g/mol. The lowest BCUT2D eigenvalue weighted by Gasteiger charge is -2.27. The Kier molecular flexibility index (Phi) is 4.55. The number of rotatable bonds is 3. The van der Waals surface area contributed by atoms with Crippen molar-refractivity contribution in [3.8, 4) is 0 Å². The van der Waals surface area contributed by atoms with Crippen molar-refractivity contribution in [1.29, 1.82) is 0 Å². The largest absolute Gasteiger partial charge is 0.416 e. The summed E-state index contributed by atoms with van der Waals surface area (Å²) in [6.45, 7) is 0.0214. The number of carbonyl (C=O) groups excluding carboxylic acids is 1. The molecule has 0 unspecified atom stereocenters. The van der Waals surface area contributed by atoms with E-state index in [1.54, 1.807) is 24.0 Å². The lowest BCUT2D eigenvalue weighted by atomic mass is 9.97. The molecule has 1 amide bonds. The first-order chi connectivity index (χ1) is 11.8. The van der Waals surface area contributed by atoms with Crippen molar-refractivity contribution in [3.05, 3.63) is 53.3 Å². The highest BCUT2D eigenvalue weighted by molar-refractivity contribution is 5.79. The van der Waals surface area contributed by atoms with E-state index in [9.17, 15) is 23.1 Å². The predicted molar refractivity (Wildman–Crippen MR) is 83.4 cm³/mol. The number of aryl methyl sites for hydroxylation is 1. The van der Waals surface area contributed by atoms with Gasteiger partial charge in [0.1, 0.15) is 0 Å². The first-order valence-corrected chi connectivity index (χ1v) is 7.88. The zero-order valence-corrected chi connectivity index (χ0v) is 13.6. The van der Waals surface area contributed by atoms with Gasteiger partial charge in [0.25, 0.3) is 0 Å². The number of aromatic nitrogens is 2. The molecule has 1 aromatic heterocycles. The van der Waals surface area contributed by atoms with Gasteiger partial charge in [-0.25, -0.2) is 0 Å². The Morgan fingerprint density at radius 2 is 2.04 bits per heavy atom. The van der Waals surface area contributed by atoms with Crippen LogP contribution in [0.4, 0.5) is 13.2 Å². The average molecular weight is 353 g/mol. The number of aliphatic hydroxyl groups is 1. The Balaban J connectivity index is 1.90. The topological polar surface area (TPSA) is 58.4 Å². The molecule has 0 aliphatic carbocycles. The molecule has 1 fully saturated rings. The number of halogens is 3. The summed E-state index contributed by atoms with van der Waals surface area (Å²) in [6, 6.07) is 6.09. The van der Waals surface area contributed by atoms with Gasteiger partial charge in [0.2, 0.25) is 5.91 Å². The quantitative estimate of drug-likeness (QED) is 0.921. The fourth-order valence-corrected chi connectivity index (χ4v) is 3.26. The fourth-order valence-electron chi connectivity index (χ4n) is 3.26. The zero-order chi connectivity index (χ0) is 18.2. The second kappa shape index (κ2) is 6.51. The Morgan fingerprint density at radius 3 is 2.68 bits per heavy atom. The van der Waals surface area contributed by atoms with Gasteiger partial charge >= 0.3 is 6.18 Å². The molecule has 1 aliphatic heterocycles. The summed E-state index contributed by atoms with van der Waals surface area (Å²) in [5.41, 5.74) is -0.0911. The number of β-amino-alcohol motifs (C(OH)–C–C–N with tert-alkyl or cyclic N) is 1. The van der Waals surface area contributed by atoms with Crippen molar-refractivity contribution in [1.82, 2.24) is 14.7 Å². The summed E-state index contributed by atoms with van der Waals surface area (Å²) in [5, 5.41) is 13.9. The first-order valence-electron chi connectivity index (χ1n) is 7.88. The van der Waals surface area contributed by atoms with E-state index in [2.05, 4.69) is 5.10 Å². The second-order valence-corrected chi connectivity index (χ2v) is 6.16. The van der Waals surface area contributed by atoms with Gasteiger partial charge in [0, 0.05) is 25.5 Å². The number of likely N-dealkylation sites (tertiary alicyclic amines) is 1. The fraction of sp³-hybridized carbons (Fsp3) is 0.412. The minimum absolute atomic E-state index is 0.0184. The van der Waals surface area contributed by atoms with Gasteiger partial charge in [-0.1, -0.05) is 18.2 Å². The summed E-state index contributed by atoms with van der Waals surface area (Å²) in [6.07, 6.45) is -3.70. The molecule has 2 atom stereocenters. The molecule has 2 heterocycles. The van der Waals surface area contributed by atoms with Crippen molar-refractivity contribution < 1.29 is 23.1 Å². The summed E-state index contributed by atoms with van der Waals surface area (Å²) in [4.78, 5) is 14.0. The molecule has 0 radical (unpaired) electrons. The van der Waals surface area contributed by atoms with Crippen LogP contribution in [0.2, 0.25) is 0 Å². The smallest absolute Gasteiger partial charge is 0.391 e. The minimum Gasteiger partial charge on any atom is -0.391 e. The van der Waals surface area contributed by atoms with Crippen LogP contribution < -0.4 is 0 Å². The van der Waals surface area contributed by atoms with Crippen molar-refractivity contribution >= 4 is 5.91 Å². The van der Waals surface area contributed by atoms with Crippen LogP contribution in [0.5, 0.6) is 0 Å². The lowest BCUT2D eigenvalue weighted by molar-refractivity contribution is -0.140. The van der Waals surface area contributed by atoms with E-state index in [-0.39, 0.29) is 30.9 Å². The summed E-state index contributed by atoms with van der Waals surface area (Å²) in [7, 11) is 1.69. The first kappa shape index (κ1) is 17.5. The maximum Gasteiger partial charge on any atom is 0.416 e. The molecule has 1 aromatic carbocycles. The molecule has 25 heavy (non-hydrogen) atoms. The van der Waals surface area contributed by atoms with Gasteiger partial charge < -0.3 is 10.0 Å². The molecule has 1 aliphatic rings. The van der Waals surface area contributed by atoms with Gasteiger partial charge in [-0.2, -0.15) is 18.3 Å². The van der Waals surface area contributed by atoms with Crippen LogP contribution in [0.25, 0.3) is 0 Å². The highest BCUT2D eigenvalue weighted by Crippen LogP contribution is 2.40. The second-order valence-electron chi connectivity index (χ2n) is 6.16. The van der Waals surface area contributed by atoms with Gasteiger partial charge in [-0.05, 0) is 24.1 Å². The molecule has 2 aromatic rings. The molecule has 5 nitrogen and oxygen atoms in total. The lowest BCUT2D eigenvalue weighted by Crippen LogP contribution is -2.34. The van der Waals surface area contributed by atoms with Crippen LogP contribution in [-0.4, -0.2) is 38.3 Å². The minimum atomic E-state index is -4.51. The molecular weight excluding hydrogens is 335 g/mol. The summed E-state index contributed by atoms with van der Waals surface area (Å²) in [5.74, 6) is -0.331. The number of aliphatic hydroxyl groups excluding tert-OH is 1. The SMILES string of the molecule is Cn1nccc1CC(=O)N1C[C@H](O)C[C@H]1c1ccccc1C(F)(F)F. The van der Waals surface area contributed by atoms with E-state index >= 15 is 0 Å². The number of carbonyl (C=O) groups is 1. The Morgan fingerprint density at radius 1 is 1.32 bits per heavy atom. The Hall–Kier alpha value is -2.35. The van der Waals surface area contributed by atoms with Crippen molar-refractivity contribution in [2.24, 2.45) is 7.05 Å². The maximum absolute atomic E-state index is 13.3. The van der Waals surface area contributed by atoms with Crippen molar-refractivity contribution in [2.45, 2.75) is 31.2 Å². The van der Waals surface area contributed by atoms with Crippen LogP contribution >= 0.6 is 0 Å². The molecule has 3 rings (SSSR count). The highest BCUT2D eigenvalue weighted by atomic mass is 19.4. The van der Waals surface area contributed by atoms with Crippen molar-refractivity contribution in [3.63, 3.8) is 0 Å². The van der Waals surface area contributed by atoms with E-state index in [4.69, 9.17) is 0 Å². The Bertz CT molecular complexity index is 772. The van der Waals surface area contributed by atoms with E-state index in [0.29, 0.717) is 5.69 Å². The number of nitrogens with zero attached hydrogens (tertiary/aromatic N) is 3. The van der Waals surface area contributed by atoms with Crippen LogP contribution in [0.15, 0.2) is 36.5 Å². The van der Waals surface area contributed by atoms with Gasteiger partial charge in [0.15, 0.2) is 0 Å². The molecule has 1 N–H and O–H groups in total. The van der Waals surface area contributed by atoms with E-state index < -0.39 is 23.9 Å². The standard InChI is InChI=1S/C17H18F3N3O2/c1-22-11(6-7-21-22)8-16(25)23-10-12(24)9-15(23)13-4-2-3-5-14(13)17(18,19)20/h2-7,12,15,24H,8-10H2,1H3/t12-,15+/m1/s1. The molecule has 134 valence electrons. The van der Waals surface area contributed by atoms with Crippen molar-refractivity contribution in [2.75, 3.05) is 6.54 Å². The maximum atomic E-state index is 13.3. The van der Waals surface area contributed by atoms with E-state index in [1.807, 2.05) is 0 Å². The number of hydrogen-bond donors (Lipinski definition) is 1. The molecular formula is C17H18F3N3O2. The van der Waals surface area contributed by atoms with Crippen LogP contribution in [-0.2, 0) is 24.4 Å². The number of hydrogen-bond acceptors (Lipinski definition) is 3. The van der Waals surface area contributed by atoms with Crippen LogP contribution in [0, 0.1) is 0 Å². The zero-order valence-electron chi connectivity index (χ0n) is 13.6. The number of benzene rings is 1. The third kappa shape index (κ3) is 3.53. The molecule has 0 spiro atoms. The van der Waals surface area contributed by atoms with Crippen LogP contribution in [0.1, 0.15) is 29.3 Å².